The molecule has 1 heterocycles. The van der Waals surface area contributed by atoms with Gasteiger partial charge >= 0.3 is 0 Å². The van der Waals surface area contributed by atoms with Gasteiger partial charge < -0.3 is 10.2 Å². The quantitative estimate of drug-likeness (QED) is 0.672. The predicted molar refractivity (Wildman–Crippen MR) is 98.7 cm³/mol. The Kier molecular flexibility index (Phi) is 7.40. The summed E-state index contributed by atoms with van der Waals surface area (Å²) < 4.78 is 26.6. The summed E-state index contributed by atoms with van der Waals surface area (Å²) in [6.45, 7) is 7.69. The first kappa shape index (κ1) is 19.9. The van der Waals surface area contributed by atoms with E-state index < -0.39 is 10.0 Å². The Morgan fingerprint density at radius 2 is 1.84 bits per heavy atom. The van der Waals surface area contributed by atoms with Crippen LogP contribution >= 0.6 is 0 Å². The second kappa shape index (κ2) is 9.31. The molecular weight excluding hydrogens is 338 g/mol. The molecule has 0 radical (unpaired) electrons. The van der Waals surface area contributed by atoms with Gasteiger partial charge in [-0.2, -0.15) is 4.31 Å². The number of sulfonamides is 1. The van der Waals surface area contributed by atoms with Gasteiger partial charge in [0.1, 0.15) is 0 Å². The maximum Gasteiger partial charge on any atom is 0.275 e. The lowest BCUT2D eigenvalue weighted by molar-refractivity contribution is -0.895. The molecule has 1 aromatic carbocycles. The van der Waals surface area contributed by atoms with E-state index in [4.69, 9.17) is 0 Å². The minimum absolute atomic E-state index is 0.0405. The molecule has 2 rings (SSSR count). The Bertz CT molecular complexity index is 639. The SMILES string of the molecule is CC(C)CCNC(=O)C[NH+]1CCN(S(=O)(=O)Cc2ccccc2)CC1. The van der Waals surface area contributed by atoms with E-state index in [0.717, 1.165) is 16.9 Å². The number of rotatable bonds is 8. The first-order valence-electron chi connectivity index (χ1n) is 8.99. The summed E-state index contributed by atoms with van der Waals surface area (Å²) in [5.74, 6) is 0.668. The van der Waals surface area contributed by atoms with Crippen molar-refractivity contribution in [2.45, 2.75) is 26.0 Å². The Morgan fingerprint density at radius 3 is 2.44 bits per heavy atom. The first-order chi connectivity index (χ1) is 11.9. The van der Waals surface area contributed by atoms with Gasteiger partial charge in [0, 0.05) is 6.54 Å². The van der Waals surface area contributed by atoms with E-state index in [0.29, 0.717) is 45.2 Å². The fourth-order valence-electron chi connectivity index (χ4n) is 2.92. The van der Waals surface area contributed by atoms with E-state index in [2.05, 4.69) is 19.2 Å². The molecule has 0 unspecified atom stereocenters. The highest BCUT2D eigenvalue weighted by Crippen LogP contribution is 2.10. The molecule has 0 bridgehead atoms. The number of amides is 1. The van der Waals surface area contributed by atoms with Crippen LogP contribution in [0.15, 0.2) is 30.3 Å². The van der Waals surface area contributed by atoms with E-state index in [1.807, 2.05) is 30.3 Å². The van der Waals surface area contributed by atoms with Gasteiger partial charge in [-0.3, -0.25) is 4.79 Å². The molecule has 0 aliphatic carbocycles. The highest BCUT2D eigenvalue weighted by Gasteiger charge is 2.29. The fourth-order valence-corrected chi connectivity index (χ4v) is 4.46. The van der Waals surface area contributed by atoms with Crippen LogP contribution in [0.5, 0.6) is 0 Å². The molecule has 1 aromatic rings. The Labute approximate surface area is 151 Å². The summed E-state index contributed by atoms with van der Waals surface area (Å²) in [7, 11) is -3.29. The van der Waals surface area contributed by atoms with E-state index >= 15 is 0 Å². The number of piperazine rings is 1. The van der Waals surface area contributed by atoms with Gasteiger partial charge in [0.15, 0.2) is 6.54 Å². The van der Waals surface area contributed by atoms with E-state index in [9.17, 15) is 13.2 Å². The third kappa shape index (κ3) is 6.76. The topological polar surface area (TPSA) is 70.9 Å². The maximum absolute atomic E-state index is 12.5. The van der Waals surface area contributed by atoms with Crippen molar-refractivity contribution in [3.8, 4) is 0 Å². The fraction of sp³-hybridized carbons (Fsp3) is 0.611. The van der Waals surface area contributed by atoms with Crippen molar-refractivity contribution in [3.05, 3.63) is 35.9 Å². The molecule has 1 aliphatic rings. The summed E-state index contributed by atoms with van der Waals surface area (Å²) in [4.78, 5) is 13.1. The summed E-state index contributed by atoms with van der Waals surface area (Å²) >= 11 is 0. The van der Waals surface area contributed by atoms with Crippen molar-refractivity contribution in [2.24, 2.45) is 5.92 Å². The van der Waals surface area contributed by atoms with Crippen LogP contribution in [0.3, 0.4) is 0 Å². The Morgan fingerprint density at radius 1 is 1.20 bits per heavy atom. The van der Waals surface area contributed by atoms with Gasteiger partial charge in [-0.1, -0.05) is 44.2 Å². The molecule has 1 saturated heterocycles. The maximum atomic E-state index is 12.5. The van der Waals surface area contributed by atoms with Gasteiger partial charge in [0.25, 0.3) is 5.91 Å². The molecule has 1 aliphatic heterocycles. The largest absolute Gasteiger partial charge is 0.351 e. The molecule has 140 valence electrons. The van der Waals surface area contributed by atoms with Crippen LogP contribution in [-0.4, -0.2) is 57.9 Å². The Balaban J connectivity index is 1.76. The van der Waals surface area contributed by atoms with Gasteiger partial charge in [-0.05, 0) is 17.9 Å². The monoisotopic (exact) mass is 368 g/mol. The number of quaternary nitrogens is 1. The minimum atomic E-state index is -3.29. The summed E-state index contributed by atoms with van der Waals surface area (Å²) in [6.07, 6.45) is 0.979. The van der Waals surface area contributed by atoms with Crippen LogP contribution in [0.2, 0.25) is 0 Å². The van der Waals surface area contributed by atoms with Gasteiger partial charge in [0.2, 0.25) is 10.0 Å². The second-order valence-corrected chi connectivity index (χ2v) is 9.07. The standard InChI is InChI=1S/C18H29N3O3S/c1-16(2)8-9-19-18(22)14-20-10-12-21(13-11-20)25(23,24)15-17-6-4-3-5-7-17/h3-7,16H,8-15H2,1-2H3,(H,19,22)/p+1. The average molecular weight is 369 g/mol. The van der Waals surface area contributed by atoms with Crippen molar-refractivity contribution in [1.29, 1.82) is 0 Å². The normalized spacial score (nSPS) is 16.9. The van der Waals surface area contributed by atoms with Crippen molar-refractivity contribution < 1.29 is 18.1 Å². The Hall–Kier alpha value is -1.44. The van der Waals surface area contributed by atoms with Crippen LogP contribution in [-0.2, 0) is 20.6 Å². The highest BCUT2D eigenvalue weighted by molar-refractivity contribution is 7.88. The van der Waals surface area contributed by atoms with Gasteiger partial charge in [0.05, 0.1) is 31.9 Å². The number of carbonyl (C=O) groups is 1. The van der Waals surface area contributed by atoms with E-state index in [1.165, 1.54) is 0 Å². The zero-order chi connectivity index (χ0) is 18.3. The van der Waals surface area contributed by atoms with Crippen LogP contribution in [0.4, 0.5) is 0 Å². The summed E-state index contributed by atoms with van der Waals surface area (Å²) in [5.41, 5.74) is 0.807. The predicted octanol–water partition coefficient (Wildman–Crippen LogP) is -0.121. The lowest BCUT2D eigenvalue weighted by Gasteiger charge is -2.31. The third-order valence-corrected chi connectivity index (χ3v) is 6.32. The first-order valence-corrected chi connectivity index (χ1v) is 10.6. The van der Waals surface area contributed by atoms with Crippen LogP contribution in [0.1, 0.15) is 25.8 Å². The van der Waals surface area contributed by atoms with Crippen LogP contribution in [0.25, 0.3) is 0 Å². The van der Waals surface area contributed by atoms with E-state index in [-0.39, 0.29) is 11.7 Å². The van der Waals surface area contributed by atoms with Crippen molar-refractivity contribution >= 4 is 15.9 Å². The molecular formula is C18H30N3O3S+. The molecule has 7 heteroatoms. The molecule has 0 aromatic heterocycles. The zero-order valence-corrected chi connectivity index (χ0v) is 16.0. The number of nitrogens with zero attached hydrogens (tertiary/aromatic N) is 1. The molecule has 0 saturated carbocycles. The molecule has 1 fully saturated rings. The van der Waals surface area contributed by atoms with Crippen molar-refractivity contribution in [1.82, 2.24) is 9.62 Å². The highest BCUT2D eigenvalue weighted by atomic mass is 32.2. The van der Waals surface area contributed by atoms with E-state index in [1.54, 1.807) is 4.31 Å². The zero-order valence-electron chi connectivity index (χ0n) is 15.2. The molecule has 25 heavy (non-hydrogen) atoms. The number of hydrogen-bond donors (Lipinski definition) is 2. The number of carbonyl (C=O) groups excluding carboxylic acids is 1. The average Bonchev–Trinajstić information content (AvgIpc) is 2.55. The summed E-state index contributed by atoms with van der Waals surface area (Å²) in [5, 5.41) is 2.94. The van der Waals surface area contributed by atoms with Crippen LogP contribution in [0, 0.1) is 5.92 Å². The van der Waals surface area contributed by atoms with Crippen LogP contribution < -0.4 is 10.2 Å². The molecule has 6 nitrogen and oxygen atoms in total. The smallest absolute Gasteiger partial charge is 0.275 e. The van der Waals surface area contributed by atoms with Crippen molar-refractivity contribution in [3.63, 3.8) is 0 Å². The number of benzene rings is 1. The molecule has 1 amide bonds. The molecule has 0 atom stereocenters. The minimum Gasteiger partial charge on any atom is -0.351 e. The number of hydrogen-bond acceptors (Lipinski definition) is 3. The van der Waals surface area contributed by atoms with Gasteiger partial charge in [-0.15, -0.1) is 0 Å². The molecule has 2 N–H and O–H groups in total. The number of nitrogens with one attached hydrogen (secondary N) is 2. The lowest BCUT2D eigenvalue weighted by atomic mass is 10.1. The summed E-state index contributed by atoms with van der Waals surface area (Å²) in [6, 6.07) is 9.25. The van der Waals surface area contributed by atoms with Gasteiger partial charge in [-0.25, -0.2) is 8.42 Å². The lowest BCUT2D eigenvalue weighted by Crippen LogP contribution is -3.15. The second-order valence-electron chi connectivity index (χ2n) is 7.10. The van der Waals surface area contributed by atoms with Crippen molar-refractivity contribution in [2.75, 3.05) is 39.3 Å². The molecule has 0 spiro atoms. The third-order valence-electron chi connectivity index (χ3n) is 4.47.